The van der Waals surface area contributed by atoms with Gasteiger partial charge in [0.25, 0.3) is 5.91 Å². The van der Waals surface area contributed by atoms with Crippen molar-refractivity contribution in [3.63, 3.8) is 0 Å². The molecule has 0 aliphatic heterocycles. The van der Waals surface area contributed by atoms with E-state index in [-0.39, 0.29) is 5.91 Å². The fraction of sp³-hybridized carbons (Fsp3) is 0.250. The lowest BCUT2D eigenvalue weighted by Gasteiger charge is -2.16. The first-order valence-corrected chi connectivity index (χ1v) is 8.50. The molecule has 1 aromatic heterocycles. The van der Waals surface area contributed by atoms with Gasteiger partial charge in [0.1, 0.15) is 5.52 Å². The third kappa shape index (κ3) is 3.18. The molecule has 1 fully saturated rings. The number of hydrogen-bond acceptors (Lipinski definition) is 5. The molecular weight excluding hydrogens is 332 g/mol. The topological polar surface area (TPSA) is 81.4 Å². The van der Waals surface area contributed by atoms with Crippen molar-refractivity contribution in [3.8, 4) is 0 Å². The summed E-state index contributed by atoms with van der Waals surface area (Å²) in [6.07, 6.45) is 2.19. The maximum Gasteiger partial charge on any atom is 0.333 e. The Balaban J connectivity index is 1.59. The number of nitrogens with zero attached hydrogens (tertiary/aromatic N) is 1. The van der Waals surface area contributed by atoms with E-state index >= 15 is 0 Å². The summed E-state index contributed by atoms with van der Waals surface area (Å²) in [5.74, 6) is 0.229. The number of carbonyl (C=O) groups is 2. The molecular formula is C20H18N2O4. The fourth-order valence-corrected chi connectivity index (χ4v) is 2.84. The fourth-order valence-electron chi connectivity index (χ4n) is 2.84. The van der Waals surface area contributed by atoms with Gasteiger partial charge >= 0.3 is 5.97 Å². The van der Waals surface area contributed by atoms with Crippen molar-refractivity contribution in [2.45, 2.75) is 24.8 Å². The van der Waals surface area contributed by atoms with Crippen molar-refractivity contribution >= 4 is 23.0 Å². The number of benzene rings is 2. The quantitative estimate of drug-likeness (QED) is 0.714. The second-order valence-electron chi connectivity index (χ2n) is 6.35. The van der Waals surface area contributed by atoms with Gasteiger partial charge in [-0.1, -0.05) is 30.3 Å². The van der Waals surface area contributed by atoms with Crippen LogP contribution in [-0.2, 0) is 9.53 Å². The summed E-state index contributed by atoms with van der Waals surface area (Å²) in [5.41, 5.74) is 2.37. The first-order valence-electron chi connectivity index (χ1n) is 8.50. The molecule has 0 saturated heterocycles. The average molecular weight is 350 g/mol. The SMILES string of the molecule is COC(=O)[C@@H](NC(=O)c1ccc2nc(C3CC3)oc2c1)c1ccccc1. The van der Waals surface area contributed by atoms with Gasteiger partial charge in [0.2, 0.25) is 0 Å². The molecule has 0 unspecified atom stereocenters. The molecule has 1 heterocycles. The molecule has 1 atom stereocenters. The van der Waals surface area contributed by atoms with Gasteiger partial charge in [-0.15, -0.1) is 0 Å². The molecule has 1 aliphatic carbocycles. The number of nitrogens with one attached hydrogen (secondary N) is 1. The summed E-state index contributed by atoms with van der Waals surface area (Å²) in [7, 11) is 1.30. The van der Waals surface area contributed by atoms with Crippen LogP contribution in [0.5, 0.6) is 0 Å². The van der Waals surface area contributed by atoms with Crippen LogP contribution in [0.4, 0.5) is 0 Å². The van der Waals surface area contributed by atoms with E-state index in [1.54, 1.807) is 42.5 Å². The zero-order valence-electron chi connectivity index (χ0n) is 14.3. The minimum absolute atomic E-state index is 0.379. The lowest BCUT2D eigenvalue weighted by molar-refractivity contribution is -0.143. The molecule has 4 rings (SSSR count). The zero-order chi connectivity index (χ0) is 18.1. The monoisotopic (exact) mass is 350 g/mol. The lowest BCUT2D eigenvalue weighted by atomic mass is 10.1. The molecule has 0 radical (unpaired) electrons. The molecule has 1 aliphatic rings. The van der Waals surface area contributed by atoms with Gasteiger partial charge in [-0.05, 0) is 36.6 Å². The third-order valence-corrected chi connectivity index (χ3v) is 4.44. The van der Waals surface area contributed by atoms with Gasteiger partial charge in [-0.25, -0.2) is 9.78 Å². The second kappa shape index (κ2) is 6.63. The number of esters is 1. The molecule has 6 nitrogen and oxygen atoms in total. The molecule has 1 amide bonds. The van der Waals surface area contributed by atoms with Gasteiger partial charge in [0, 0.05) is 11.5 Å². The van der Waals surface area contributed by atoms with Crippen LogP contribution in [-0.4, -0.2) is 24.0 Å². The molecule has 6 heteroatoms. The molecule has 1 N–H and O–H groups in total. The van der Waals surface area contributed by atoms with Gasteiger partial charge < -0.3 is 14.5 Å². The number of methoxy groups -OCH3 is 1. The second-order valence-corrected chi connectivity index (χ2v) is 6.35. The largest absolute Gasteiger partial charge is 0.467 e. The van der Waals surface area contributed by atoms with E-state index in [1.165, 1.54) is 7.11 Å². The number of carbonyl (C=O) groups excluding carboxylic acids is 2. The van der Waals surface area contributed by atoms with Crippen LogP contribution < -0.4 is 5.32 Å². The van der Waals surface area contributed by atoms with Crippen molar-refractivity contribution in [2.24, 2.45) is 0 Å². The van der Waals surface area contributed by atoms with Crippen molar-refractivity contribution in [2.75, 3.05) is 7.11 Å². The summed E-state index contributed by atoms with van der Waals surface area (Å²) in [5, 5.41) is 2.73. The summed E-state index contributed by atoms with van der Waals surface area (Å²) in [4.78, 5) is 29.2. The Kier molecular flexibility index (Phi) is 4.16. The van der Waals surface area contributed by atoms with Crippen LogP contribution in [0.2, 0.25) is 0 Å². The van der Waals surface area contributed by atoms with Crippen LogP contribution in [0.25, 0.3) is 11.1 Å². The standard InChI is InChI=1S/C20H18N2O4/c1-25-20(24)17(12-5-3-2-4-6-12)22-18(23)14-9-10-15-16(11-14)26-19(21-15)13-7-8-13/h2-6,9-11,13,17H,7-8H2,1H3,(H,22,23)/t17-/m0/s1. The normalized spacial score (nSPS) is 14.8. The van der Waals surface area contributed by atoms with Crippen molar-refractivity contribution < 1.29 is 18.7 Å². The lowest BCUT2D eigenvalue weighted by Crippen LogP contribution is -2.34. The number of amides is 1. The Labute approximate surface area is 150 Å². The summed E-state index contributed by atoms with van der Waals surface area (Å²) in [6.45, 7) is 0. The molecule has 0 bridgehead atoms. The highest BCUT2D eigenvalue weighted by molar-refractivity contribution is 5.99. The molecule has 3 aromatic rings. The Morgan fingerprint density at radius 1 is 1.19 bits per heavy atom. The van der Waals surface area contributed by atoms with Crippen LogP contribution in [0.15, 0.2) is 52.9 Å². The van der Waals surface area contributed by atoms with E-state index in [9.17, 15) is 9.59 Å². The smallest absolute Gasteiger partial charge is 0.333 e. The van der Waals surface area contributed by atoms with Crippen LogP contribution in [0.1, 0.15) is 46.6 Å². The van der Waals surface area contributed by atoms with E-state index in [2.05, 4.69) is 10.3 Å². The van der Waals surface area contributed by atoms with Gasteiger partial charge in [-0.2, -0.15) is 0 Å². The van der Waals surface area contributed by atoms with Gasteiger partial charge in [0.15, 0.2) is 17.5 Å². The predicted molar refractivity (Wildman–Crippen MR) is 94.6 cm³/mol. The predicted octanol–water partition coefficient (Wildman–Crippen LogP) is 3.35. The molecule has 0 spiro atoms. The maximum absolute atomic E-state index is 12.7. The number of fused-ring (bicyclic) bond motifs is 1. The van der Waals surface area contributed by atoms with Crippen molar-refractivity contribution in [1.82, 2.24) is 10.3 Å². The third-order valence-electron chi connectivity index (χ3n) is 4.44. The summed E-state index contributed by atoms with van der Waals surface area (Å²) in [6, 6.07) is 13.2. The minimum Gasteiger partial charge on any atom is -0.467 e. The summed E-state index contributed by atoms with van der Waals surface area (Å²) >= 11 is 0. The zero-order valence-corrected chi connectivity index (χ0v) is 14.3. The number of oxazole rings is 1. The first kappa shape index (κ1) is 16.3. The molecule has 2 aromatic carbocycles. The summed E-state index contributed by atoms with van der Waals surface area (Å²) < 4.78 is 10.6. The maximum atomic E-state index is 12.7. The molecule has 132 valence electrons. The number of rotatable bonds is 5. The highest BCUT2D eigenvalue weighted by atomic mass is 16.5. The van der Waals surface area contributed by atoms with E-state index in [1.807, 2.05) is 6.07 Å². The first-order chi connectivity index (χ1) is 12.7. The number of hydrogen-bond donors (Lipinski definition) is 1. The van der Waals surface area contributed by atoms with E-state index < -0.39 is 12.0 Å². The van der Waals surface area contributed by atoms with Crippen LogP contribution >= 0.6 is 0 Å². The average Bonchev–Trinajstić information content (AvgIpc) is 3.44. The highest BCUT2D eigenvalue weighted by Gasteiger charge is 2.29. The molecule has 26 heavy (non-hydrogen) atoms. The van der Waals surface area contributed by atoms with Crippen LogP contribution in [0.3, 0.4) is 0 Å². The van der Waals surface area contributed by atoms with E-state index in [0.29, 0.717) is 22.6 Å². The Morgan fingerprint density at radius 2 is 1.96 bits per heavy atom. The van der Waals surface area contributed by atoms with E-state index in [0.717, 1.165) is 24.2 Å². The van der Waals surface area contributed by atoms with Crippen LogP contribution in [0, 0.1) is 0 Å². The highest BCUT2D eigenvalue weighted by Crippen LogP contribution is 2.40. The van der Waals surface area contributed by atoms with E-state index in [4.69, 9.17) is 9.15 Å². The van der Waals surface area contributed by atoms with Crippen molar-refractivity contribution in [1.29, 1.82) is 0 Å². The minimum atomic E-state index is -0.874. The number of aromatic nitrogens is 1. The van der Waals surface area contributed by atoms with Crippen molar-refractivity contribution in [3.05, 3.63) is 65.5 Å². The van der Waals surface area contributed by atoms with Gasteiger partial charge in [-0.3, -0.25) is 4.79 Å². The Hall–Kier alpha value is -3.15. The number of ether oxygens (including phenoxy) is 1. The molecule has 1 saturated carbocycles. The Bertz CT molecular complexity index is 960. The Morgan fingerprint density at radius 3 is 2.65 bits per heavy atom. The van der Waals surface area contributed by atoms with Gasteiger partial charge in [0.05, 0.1) is 7.11 Å².